The molecule has 2 aromatic carbocycles. The Kier molecular flexibility index (Phi) is 4.93. The fraction of sp³-hybridized carbons (Fsp3) is 0.0870. The number of pyridine rings is 1. The molecule has 0 unspecified atom stereocenters. The van der Waals surface area contributed by atoms with Crippen molar-refractivity contribution in [3.63, 3.8) is 0 Å². The monoisotopic (exact) mass is 382 g/mol. The molecule has 2 heterocycles. The number of nitrogens with one attached hydrogen (secondary N) is 2. The molecule has 4 aromatic rings. The van der Waals surface area contributed by atoms with E-state index >= 15 is 0 Å². The van der Waals surface area contributed by atoms with Gasteiger partial charge in [-0.2, -0.15) is 5.10 Å². The molecule has 4 rings (SSSR count). The molecule has 144 valence electrons. The first-order valence-electron chi connectivity index (χ1n) is 9.32. The number of hydrogen-bond donors (Lipinski definition) is 4. The number of anilines is 1. The Labute approximate surface area is 169 Å². The number of nitrogen functional groups attached to an aromatic ring is 1. The summed E-state index contributed by atoms with van der Waals surface area (Å²) in [5.74, 6) is 0. The first-order chi connectivity index (χ1) is 14.1. The highest BCUT2D eigenvalue weighted by Gasteiger charge is 2.14. The van der Waals surface area contributed by atoms with Crippen molar-refractivity contribution in [3.05, 3.63) is 89.2 Å². The van der Waals surface area contributed by atoms with Gasteiger partial charge < -0.3 is 11.5 Å². The maximum atomic E-state index is 8.54. The number of aromatic amines is 1. The first-order valence-corrected chi connectivity index (χ1v) is 9.32. The van der Waals surface area contributed by atoms with Crippen LogP contribution in [0.25, 0.3) is 22.5 Å². The van der Waals surface area contributed by atoms with Gasteiger partial charge in [-0.05, 0) is 36.2 Å². The Morgan fingerprint density at radius 3 is 2.55 bits per heavy atom. The summed E-state index contributed by atoms with van der Waals surface area (Å²) in [4.78, 5) is 4.58. The summed E-state index contributed by atoms with van der Waals surface area (Å²) in [6.07, 6.45) is 1.77. The second-order valence-corrected chi connectivity index (χ2v) is 6.90. The summed E-state index contributed by atoms with van der Waals surface area (Å²) in [6, 6.07) is 19.2. The zero-order chi connectivity index (χ0) is 20.4. The number of hydrogen-bond acceptors (Lipinski definition) is 5. The molecule has 29 heavy (non-hydrogen) atoms. The van der Waals surface area contributed by atoms with Crippen molar-refractivity contribution in [2.24, 2.45) is 5.73 Å². The lowest BCUT2D eigenvalue weighted by molar-refractivity contribution is 1.07. The maximum Gasteiger partial charge on any atom is 0.0912 e. The van der Waals surface area contributed by atoms with E-state index < -0.39 is 0 Å². The van der Waals surface area contributed by atoms with Crippen LogP contribution in [-0.4, -0.2) is 20.9 Å². The van der Waals surface area contributed by atoms with E-state index in [2.05, 4.69) is 15.2 Å². The van der Waals surface area contributed by atoms with Crippen LogP contribution in [0.15, 0.2) is 66.9 Å². The molecule has 0 spiro atoms. The zero-order valence-corrected chi connectivity index (χ0v) is 16.1. The van der Waals surface area contributed by atoms with Gasteiger partial charge in [0.25, 0.3) is 0 Å². The van der Waals surface area contributed by atoms with Gasteiger partial charge in [-0.1, -0.05) is 42.5 Å². The van der Waals surface area contributed by atoms with Gasteiger partial charge in [0.05, 0.1) is 23.3 Å². The van der Waals surface area contributed by atoms with Crippen LogP contribution in [0.2, 0.25) is 0 Å². The third-order valence-corrected chi connectivity index (χ3v) is 4.89. The Bertz CT molecular complexity index is 1170. The van der Waals surface area contributed by atoms with Crippen LogP contribution in [0, 0.1) is 12.3 Å². The van der Waals surface area contributed by atoms with E-state index in [-0.39, 0.29) is 0 Å². The van der Waals surface area contributed by atoms with Gasteiger partial charge >= 0.3 is 0 Å². The minimum atomic E-state index is 0.380. The molecule has 0 saturated heterocycles. The predicted octanol–water partition coefficient (Wildman–Crippen LogP) is 3.90. The number of aromatic nitrogens is 3. The largest absolute Gasteiger partial charge is 0.398 e. The predicted molar refractivity (Wildman–Crippen MR) is 117 cm³/mol. The van der Waals surface area contributed by atoms with Gasteiger partial charge in [0, 0.05) is 34.6 Å². The normalized spacial score (nSPS) is 10.8. The van der Waals surface area contributed by atoms with Crippen LogP contribution in [0.3, 0.4) is 0 Å². The molecule has 6 heteroatoms. The highest BCUT2D eigenvalue weighted by Crippen LogP contribution is 2.31. The smallest absolute Gasteiger partial charge is 0.0912 e. The first kappa shape index (κ1) is 18.6. The van der Waals surface area contributed by atoms with Crippen LogP contribution in [0.4, 0.5) is 5.69 Å². The lowest BCUT2D eigenvalue weighted by Crippen LogP contribution is -2.06. The van der Waals surface area contributed by atoms with Gasteiger partial charge in [-0.15, -0.1) is 0 Å². The van der Waals surface area contributed by atoms with Crippen LogP contribution in [-0.2, 0) is 6.54 Å². The Hall–Kier alpha value is -3.77. The molecule has 0 fully saturated rings. The number of benzene rings is 2. The van der Waals surface area contributed by atoms with E-state index in [1.165, 1.54) is 0 Å². The number of rotatable bonds is 5. The minimum Gasteiger partial charge on any atom is -0.398 e. The molecule has 0 atom stereocenters. The van der Waals surface area contributed by atoms with E-state index in [0.29, 0.717) is 23.5 Å². The SMILES string of the molecule is Cc1cccc(-c2[nH]ncc2-c2ccc(C(=N)c3ccc(CN)cc3)c(N)c2)n1. The van der Waals surface area contributed by atoms with Crippen LogP contribution >= 0.6 is 0 Å². The third-order valence-electron chi connectivity index (χ3n) is 4.89. The number of nitrogens with two attached hydrogens (primary N) is 2. The number of aryl methyl sites for hydroxylation is 1. The Morgan fingerprint density at radius 1 is 1.07 bits per heavy atom. The molecule has 0 radical (unpaired) electrons. The molecule has 0 aliphatic carbocycles. The van der Waals surface area contributed by atoms with Crippen molar-refractivity contribution in [2.45, 2.75) is 13.5 Å². The van der Waals surface area contributed by atoms with Crippen molar-refractivity contribution < 1.29 is 0 Å². The van der Waals surface area contributed by atoms with Crippen molar-refractivity contribution in [1.82, 2.24) is 15.2 Å². The highest BCUT2D eigenvalue weighted by molar-refractivity contribution is 6.14. The average Bonchev–Trinajstić information content (AvgIpc) is 3.23. The Balaban J connectivity index is 1.68. The number of H-pyrrole nitrogens is 1. The molecule has 6 nitrogen and oxygen atoms in total. The van der Waals surface area contributed by atoms with Gasteiger partial charge in [-0.3, -0.25) is 15.5 Å². The molecular weight excluding hydrogens is 360 g/mol. The van der Waals surface area contributed by atoms with Crippen molar-refractivity contribution in [2.75, 3.05) is 5.73 Å². The van der Waals surface area contributed by atoms with Gasteiger partial charge in [0.1, 0.15) is 0 Å². The molecule has 0 aliphatic rings. The summed E-state index contributed by atoms with van der Waals surface area (Å²) in [6.45, 7) is 2.44. The summed E-state index contributed by atoms with van der Waals surface area (Å²) >= 11 is 0. The maximum absolute atomic E-state index is 8.54. The van der Waals surface area contributed by atoms with Crippen molar-refractivity contribution >= 4 is 11.4 Å². The van der Waals surface area contributed by atoms with Crippen LogP contribution in [0.1, 0.15) is 22.4 Å². The standard InChI is InChI=1S/C23H22N6/c1-14-3-2-4-21(28-14)23-19(13-27-29-23)17-9-10-18(20(25)11-17)22(26)16-7-5-15(12-24)6-8-16/h2-11,13,26H,12,24-25H2,1H3,(H,27,29). The molecular formula is C23H22N6. The van der Waals surface area contributed by atoms with Crippen LogP contribution in [0.5, 0.6) is 0 Å². The zero-order valence-electron chi connectivity index (χ0n) is 16.1. The molecule has 0 bridgehead atoms. The molecule has 6 N–H and O–H groups in total. The Morgan fingerprint density at radius 2 is 1.86 bits per heavy atom. The topological polar surface area (TPSA) is 117 Å². The third kappa shape index (κ3) is 3.66. The van der Waals surface area contributed by atoms with E-state index in [4.69, 9.17) is 16.9 Å². The summed E-state index contributed by atoms with van der Waals surface area (Å²) in [5, 5.41) is 15.8. The fourth-order valence-corrected chi connectivity index (χ4v) is 3.30. The second-order valence-electron chi connectivity index (χ2n) is 6.90. The van der Waals surface area contributed by atoms with E-state index in [1.807, 2.05) is 67.6 Å². The van der Waals surface area contributed by atoms with Crippen LogP contribution < -0.4 is 11.5 Å². The van der Waals surface area contributed by atoms with Gasteiger partial charge in [0.2, 0.25) is 0 Å². The minimum absolute atomic E-state index is 0.380. The summed E-state index contributed by atoms with van der Waals surface area (Å²) in [7, 11) is 0. The quantitative estimate of drug-likeness (QED) is 0.309. The molecule has 0 saturated carbocycles. The van der Waals surface area contributed by atoms with Gasteiger partial charge in [0.15, 0.2) is 0 Å². The second kappa shape index (κ2) is 7.69. The number of nitrogens with zero attached hydrogens (tertiary/aromatic N) is 2. The van der Waals surface area contributed by atoms with E-state index in [9.17, 15) is 0 Å². The lowest BCUT2D eigenvalue weighted by Gasteiger charge is -2.11. The van der Waals surface area contributed by atoms with E-state index in [1.54, 1.807) is 6.20 Å². The van der Waals surface area contributed by atoms with E-state index in [0.717, 1.165) is 39.3 Å². The average molecular weight is 382 g/mol. The molecule has 0 amide bonds. The molecule has 2 aromatic heterocycles. The highest BCUT2D eigenvalue weighted by atomic mass is 15.1. The lowest BCUT2D eigenvalue weighted by atomic mass is 9.96. The summed E-state index contributed by atoms with van der Waals surface area (Å²) in [5.41, 5.74) is 19.9. The molecule has 0 aliphatic heterocycles. The fourth-order valence-electron chi connectivity index (χ4n) is 3.30. The van der Waals surface area contributed by atoms with Crippen molar-refractivity contribution in [1.29, 1.82) is 5.41 Å². The summed E-state index contributed by atoms with van der Waals surface area (Å²) < 4.78 is 0. The van der Waals surface area contributed by atoms with Crippen molar-refractivity contribution in [3.8, 4) is 22.5 Å². The van der Waals surface area contributed by atoms with Gasteiger partial charge in [-0.25, -0.2) is 0 Å².